The van der Waals surface area contributed by atoms with Crippen LogP contribution in [-0.4, -0.2) is 12.4 Å². The fraction of sp³-hybridized carbons (Fsp3) is 0.674. The zero-order chi connectivity index (χ0) is 112. The highest BCUT2D eigenvalue weighted by Crippen LogP contribution is 2.54. The standard InChI is InChI=1S/C22H38O.C22H34.C22H36.C21H36.C20H34.C12H10O2.C10H22.C9H20/c1-14-15(2)17(4)20(18(5)16(14)3)23-13-12-19(21(6,7)8)22(9,10)11;1-13-14(2)16(4)19-12-17(11-18(19)15(13)3)20(21(5,6)7)22(8,9)10;1-14-15(2)17(4)19(18(5)16(14)3)12-13-20(21(6,7)8)22(9,10)11;1-13-14(2)16(4)18(17(5)15(13)3)12-19(20(6,7)8)21(9,10)11;1-12-13(2)15(4)17(16(5)14(12)3)18(19(6,7)8)20(9,10)11;13-11(12-7-4-8-14-12)9-10-5-2-1-3-6-10;1-8(9(2,3)4)10(5,6)7;1-8(2,3)7-9(4,5)6/h19H,12-13H2,1-11H3;11,20H,12H2,1-10H3;13H,12H2,1-11H3;19H,12H2,1-11H3;18H,1-11H3;1-8H,9H2;8H,1-7H3;7H2,1-6H3. The van der Waals surface area contributed by atoms with Crippen LogP contribution in [0.3, 0.4) is 0 Å². The number of carbonyl (C=O) groups excluding carboxylic acids is 1. The molecule has 800 valence electrons. The van der Waals surface area contributed by atoms with Crippen LogP contribution in [0.5, 0.6) is 5.75 Å². The monoisotopic (exact) mass is 1940 g/mol. The number of carbonyl (C=O) groups is 1. The van der Waals surface area contributed by atoms with Crippen LogP contribution >= 0.6 is 0 Å². The Morgan fingerprint density at radius 2 is 0.645 bits per heavy atom. The largest absolute Gasteiger partial charge is 0.493 e. The predicted octanol–water partition coefficient (Wildman–Crippen LogP) is 42.8. The van der Waals surface area contributed by atoms with Crippen LogP contribution in [0.1, 0.15) is 494 Å². The van der Waals surface area contributed by atoms with E-state index in [0.29, 0.717) is 79.2 Å². The van der Waals surface area contributed by atoms with Gasteiger partial charge in [0.25, 0.3) is 0 Å². The fourth-order valence-electron chi connectivity index (χ4n) is 25.2. The van der Waals surface area contributed by atoms with Gasteiger partial charge in [0.2, 0.25) is 5.78 Å². The molecule has 8 rings (SSSR count). The van der Waals surface area contributed by atoms with Crippen LogP contribution < -0.4 is 4.74 Å². The number of rotatable bonds is 13. The van der Waals surface area contributed by atoms with Crippen molar-refractivity contribution in [3.05, 3.63) is 239 Å². The average molecular weight is 1940 g/mol. The van der Waals surface area contributed by atoms with Crippen molar-refractivity contribution in [2.24, 2.45) is 99.5 Å². The van der Waals surface area contributed by atoms with Gasteiger partial charge in [-0.2, -0.15) is 0 Å². The molecule has 1 aliphatic carbocycles. The molecule has 0 fully saturated rings. The van der Waals surface area contributed by atoms with Gasteiger partial charge in [0.15, 0.2) is 5.76 Å². The lowest BCUT2D eigenvalue weighted by Crippen LogP contribution is -2.34. The van der Waals surface area contributed by atoms with Gasteiger partial charge in [-0.1, -0.05) is 351 Å². The summed E-state index contributed by atoms with van der Waals surface area (Å²) in [6.07, 6.45) is 12.7. The third kappa shape index (κ3) is 38.3. The van der Waals surface area contributed by atoms with E-state index in [-0.39, 0.29) is 38.3 Å². The number of fused-ring (bicyclic) bond motifs is 1. The minimum atomic E-state index is 0.0150. The zero-order valence-corrected chi connectivity index (χ0v) is 106. The molecule has 1 heterocycles. The van der Waals surface area contributed by atoms with Gasteiger partial charge in [0.1, 0.15) is 5.75 Å². The molecule has 141 heavy (non-hydrogen) atoms. The highest BCUT2D eigenvalue weighted by atomic mass is 16.5. The smallest absolute Gasteiger partial charge is 0.202 e. The number of hydrogen-bond donors (Lipinski definition) is 0. The third-order valence-electron chi connectivity index (χ3n) is 33.0. The number of ether oxygens (including phenoxy) is 1. The second-order valence-electron chi connectivity index (χ2n) is 59.4. The third-order valence-corrected chi connectivity index (χ3v) is 33.0. The maximum atomic E-state index is 11.6. The Kier molecular flexibility index (Phi) is 47.0. The quantitative estimate of drug-likeness (QED) is 0.0853. The Bertz CT molecular complexity index is 5060. The molecular formula is C138H230O3. The number of benzene rings is 6. The van der Waals surface area contributed by atoms with Crippen molar-refractivity contribution in [1.82, 2.24) is 0 Å². The second kappa shape index (κ2) is 50.0. The zero-order valence-electron chi connectivity index (χ0n) is 106. The van der Waals surface area contributed by atoms with Gasteiger partial charge in [-0.15, -0.1) is 0 Å². The molecule has 0 saturated heterocycles. The Morgan fingerprint density at radius 1 is 0.333 bits per heavy atom. The fourth-order valence-corrected chi connectivity index (χ4v) is 25.2. The average Bonchev–Trinajstić information content (AvgIpc) is 1.60. The van der Waals surface area contributed by atoms with Gasteiger partial charge in [0, 0.05) is 6.42 Å². The van der Waals surface area contributed by atoms with E-state index in [1.54, 1.807) is 40.0 Å². The normalized spacial score (nSPS) is 13.2. The molecule has 0 radical (unpaired) electrons. The van der Waals surface area contributed by atoms with Crippen molar-refractivity contribution in [3.63, 3.8) is 0 Å². The molecule has 0 spiro atoms. The van der Waals surface area contributed by atoms with E-state index >= 15 is 0 Å². The lowest BCUT2D eigenvalue weighted by molar-refractivity contribution is 0.0761. The summed E-state index contributed by atoms with van der Waals surface area (Å²) in [5, 5.41) is 0. The van der Waals surface area contributed by atoms with Crippen molar-refractivity contribution < 1.29 is 13.9 Å². The lowest BCUT2D eigenvalue weighted by atomic mass is 9.61. The van der Waals surface area contributed by atoms with E-state index in [4.69, 9.17) is 9.15 Å². The maximum Gasteiger partial charge on any atom is 0.202 e. The number of furan rings is 1. The van der Waals surface area contributed by atoms with Crippen LogP contribution in [-0.2, 0) is 25.7 Å². The molecule has 1 aromatic heterocycles. The predicted molar refractivity (Wildman–Crippen MR) is 636 cm³/mol. The van der Waals surface area contributed by atoms with E-state index in [0.717, 1.165) is 43.1 Å². The molecule has 0 aliphatic heterocycles. The first-order valence-electron chi connectivity index (χ1n) is 54.7. The molecular weight excluding hydrogens is 1710 g/mol. The molecule has 7 aromatic rings. The SMILES string of the molecule is CC(C(C)(C)C)C(C)(C)C.CC(C)(C)CC(C)(C)C.Cc1c(C)c(C)c(C(C(C)(C)C)C(C)(C)C)c(C)c1C.Cc1c(C)c(C)c(CC(C(C)(C)C)C(C)(C)C)c(C)c1C.Cc1c(C)c(C)c(CC=C(C(C)(C)C)C(C)(C)C)c(C)c1C.Cc1c(C)c(C)c(OCCC(C(C)(C)C)C(C)(C)C)c(C)c1C.Cc1c(C)c(C)c2c(c1C)C=C(C(C(C)(C)C)C(C)(C)C)C2.O=C(Cc1ccccc1)c1ccco1. The molecule has 0 unspecified atom stereocenters. The van der Waals surface area contributed by atoms with E-state index in [1.165, 1.54) is 164 Å². The van der Waals surface area contributed by atoms with E-state index < -0.39 is 0 Å². The molecule has 0 bridgehead atoms. The minimum Gasteiger partial charge on any atom is -0.493 e. The van der Waals surface area contributed by atoms with Crippen molar-refractivity contribution >= 4 is 11.9 Å². The molecule has 0 atom stereocenters. The van der Waals surface area contributed by atoms with Gasteiger partial charge in [0.05, 0.1) is 12.9 Å². The van der Waals surface area contributed by atoms with Crippen LogP contribution in [0.2, 0.25) is 0 Å². The topological polar surface area (TPSA) is 39.4 Å². The molecule has 1 aliphatic rings. The summed E-state index contributed by atoms with van der Waals surface area (Å²) in [6, 6.07) is 13.0. The van der Waals surface area contributed by atoms with E-state index in [1.807, 2.05) is 30.3 Å². The van der Waals surface area contributed by atoms with Gasteiger partial charge in [-0.3, -0.25) is 4.79 Å². The van der Waals surface area contributed by atoms with Crippen molar-refractivity contribution in [2.45, 2.75) is 508 Å². The Morgan fingerprint density at radius 3 is 0.936 bits per heavy atom. The van der Waals surface area contributed by atoms with E-state index in [9.17, 15) is 4.79 Å². The summed E-state index contributed by atoms with van der Waals surface area (Å²) in [4.78, 5) is 11.6. The van der Waals surface area contributed by atoms with Crippen LogP contribution in [0, 0.1) is 266 Å². The van der Waals surface area contributed by atoms with Crippen LogP contribution in [0.25, 0.3) is 6.08 Å². The first-order chi connectivity index (χ1) is 62.7. The van der Waals surface area contributed by atoms with Crippen LogP contribution in [0.4, 0.5) is 0 Å². The Labute approximate surface area is 878 Å². The molecule has 3 heteroatoms. The summed E-state index contributed by atoms with van der Waals surface area (Å²) in [7, 11) is 0. The van der Waals surface area contributed by atoms with Gasteiger partial charge >= 0.3 is 0 Å². The summed E-state index contributed by atoms with van der Waals surface area (Å²) in [5.41, 5.74) is 51.5. The van der Waals surface area contributed by atoms with Gasteiger partial charge < -0.3 is 9.15 Å². The highest BCUT2D eigenvalue weighted by molar-refractivity contribution is 5.95. The number of hydrogen-bond acceptors (Lipinski definition) is 3. The van der Waals surface area contributed by atoms with Crippen molar-refractivity contribution in [3.8, 4) is 5.75 Å². The molecule has 6 aromatic carbocycles. The number of ketones is 1. The van der Waals surface area contributed by atoms with Gasteiger partial charge in [-0.25, -0.2) is 0 Å². The molecule has 0 saturated carbocycles. The van der Waals surface area contributed by atoms with Crippen LogP contribution in [0.15, 0.2) is 70.4 Å². The summed E-state index contributed by atoms with van der Waals surface area (Å²) < 4.78 is 11.3. The molecule has 0 amide bonds. The van der Waals surface area contributed by atoms with Gasteiger partial charge in [-0.05, 0) is 483 Å². The molecule has 3 nitrogen and oxygen atoms in total. The lowest BCUT2D eigenvalue weighted by Gasteiger charge is -2.43. The maximum absolute atomic E-state index is 11.6. The minimum absolute atomic E-state index is 0.0150. The number of Topliss-reactive ketones (excluding diaryl/α,β-unsaturated/α-hetero) is 1. The molecule has 0 N–H and O–H groups in total. The van der Waals surface area contributed by atoms with Crippen molar-refractivity contribution in [1.29, 1.82) is 0 Å². The Hall–Kier alpha value is -6.45. The highest BCUT2D eigenvalue weighted by Gasteiger charge is 2.43. The second-order valence-corrected chi connectivity index (χ2v) is 59.4. The summed E-state index contributed by atoms with van der Waals surface area (Å²) in [5.74, 6) is 4.77. The van der Waals surface area contributed by atoms with E-state index in [2.05, 4.69) is 476 Å². The number of allylic oxidation sites excluding steroid dienone is 3. The Balaban J connectivity index is 0.000000818. The summed E-state index contributed by atoms with van der Waals surface area (Å²) in [6.45, 7) is 156. The van der Waals surface area contributed by atoms with Crippen molar-refractivity contribution in [2.75, 3.05) is 6.61 Å². The first kappa shape index (κ1) is 133. The summed E-state index contributed by atoms with van der Waals surface area (Å²) >= 11 is 0. The first-order valence-corrected chi connectivity index (χ1v) is 54.7.